The van der Waals surface area contributed by atoms with Gasteiger partial charge in [0.25, 0.3) is 0 Å². The third kappa shape index (κ3) is 19.7. The minimum atomic E-state index is -0.688. The maximum atomic E-state index is 14.5. The molecule has 0 saturated carbocycles. The molecular formula is C56H90N8O9. The molecule has 2 aromatic rings. The van der Waals surface area contributed by atoms with Crippen LogP contribution in [0.4, 0.5) is 5.69 Å². The molecule has 0 aromatic heterocycles. The summed E-state index contributed by atoms with van der Waals surface area (Å²) >= 11 is 0. The SMILES string of the molecule is CCO/C(C)=N\OCCCCCC(=O)NCc1ccc(NC(=O)[C@@H](CC(=O)[C@H](C)[C@@H](OC)[C@@H]2CCCN2C(=O)C[C@@H](OC)[C@H]([C@@H](C)CC)N(C)C(=O)[C@@H](N=C(N(C)C)N(C)C)C(C)C)Cc2ccccc2)cc1. The van der Waals surface area contributed by atoms with Crippen LogP contribution in [0, 0.1) is 23.7 Å². The van der Waals surface area contributed by atoms with Crippen molar-refractivity contribution >= 4 is 47.0 Å². The molecule has 3 rings (SSSR count). The van der Waals surface area contributed by atoms with Gasteiger partial charge in [-0.05, 0) is 80.5 Å². The first-order valence-electron chi connectivity index (χ1n) is 26.3. The molecule has 408 valence electrons. The molecular weight excluding hydrogens is 929 g/mol. The molecule has 0 unspecified atom stereocenters. The lowest BCUT2D eigenvalue weighted by atomic mass is 9.85. The number of likely N-dealkylation sites (tertiary alicyclic amines) is 1. The Kier molecular flexibility index (Phi) is 27.0. The van der Waals surface area contributed by atoms with Gasteiger partial charge in [0.1, 0.15) is 18.4 Å². The first kappa shape index (κ1) is 61.7. The highest BCUT2D eigenvalue weighted by Crippen LogP contribution is 2.31. The number of carbonyl (C=O) groups is 5. The molecule has 1 heterocycles. The third-order valence-electron chi connectivity index (χ3n) is 13.8. The number of carbonyl (C=O) groups excluding carboxylic acids is 5. The molecule has 73 heavy (non-hydrogen) atoms. The Balaban J connectivity index is 1.70. The Morgan fingerprint density at radius 3 is 2.10 bits per heavy atom. The highest BCUT2D eigenvalue weighted by molar-refractivity contribution is 5.96. The third-order valence-corrected chi connectivity index (χ3v) is 13.8. The van der Waals surface area contributed by atoms with Crippen LogP contribution in [0.25, 0.3) is 0 Å². The van der Waals surface area contributed by atoms with Crippen molar-refractivity contribution in [1.29, 1.82) is 0 Å². The number of anilines is 1. The zero-order valence-electron chi connectivity index (χ0n) is 46.6. The Hall–Kier alpha value is -5.55. The van der Waals surface area contributed by atoms with E-state index in [4.69, 9.17) is 24.0 Å². The molecule has 2 aromatic carbocycles. The highest BCUT2D eigenvalue weighted by atomic mass is 16.6. The number of nitrogens with zero attached hydrogens (tertiary/aromatic N) is 6. The number of rotatable bonds is 30. The van der Waals surface area contributed by atoms with Gasteiger partial charge in [-0.2, -0.15) is 0 Å². The molecule has 0 radical (unpaired) electrons. The smallest absolute Gasteiger partial charge is 0.247 e. The van der Waals surface area contributed by atoms with Crippen molar-refractivity contribution in [1.82, 2.24) is 24.9 Å². The van der Waals surface area contributed by atoms with E-state index in [2.05, 4.69) is 29.6 Å². The van der Waals surface area contributed by atoms with Crippen molar-refractivity contribution in [2.75, 3.05) is 74.5 Å². The van der Waals surface area contributed by atoms with Gasteiger partial charge in [0.2, 0.25) is 29.5 Å². The molecule has 1 fully saturated rings. The summed E-state index contributed by atoms with van der Waals surface area (Å²) in [6, 6.07) is 15.5. The van der Waals surface area contributed by atoms with Gasteiger partial charge < -0.3 is 49.3 Å². The number of ketones is 1. The zero-order valence-corrected chi connectivity index (χ0v) is 46.6. The van der Waals surface area contributed by atoms with Gasteiger partial charge in [0, 0.05) is 99.8 Å². The van der Waals surface area contributed by atoms with Crippen LogP contribution < -0.4 is 10.6 Å². The van der Waals surface area contributed by atoms with Gasteiger partial charge >= 0.3 is 0 Å². The minimum Gasteiger partial charge on any atom is -0.479 e. The van der Waals surface area contributed by atoms with E-state index in [1.165, 1.54) is 0 Å². The number of likely N-dealkylation sites (N-methyl/N-ethyl adjacent to an activating group) is 1. The van der Waals surface area contributed by atoms with Gasteiger partial charge in [-0.1, -0.05) is 88.7 Å². The number of amides is 4. The van der Waals surface area contributed by atoms with E-state index in [9.17, 15) is 24.0 Å². The summed E-state index contributed by atoms with van der Waals surface area (Å²) in [6.45, 7) is 15.4. The number of hydrogen-bond acceptors (Lipinski definition) is 11. The molecule has 2 N–H and O–H groups in total. The number of hydrogen-bond donors (Lipinski definition) is 2. The van der Waals surface area contributed by atoms with Crippen molar-refractivity contribution in [3.05, 3.63) is 65.7 Å². The number of methoxy groups -OCH3 is 2. The summed E-state index contributed by atoms with van der Waals surface area (Å²) in [7, 11) is 12.6. The Morgan fingerprint density at radius 1 is 0.836 bits per heavy atom. The van der Waals surface area contributed by atoms with E-state index in [1.807, 2.05) is 113 Å². The minimum absolute atomic E-state index is 0.000441. The molecule has 1 saturated heterocycles. The second-order valence-electron chi connectivity index (χ2n) is 20.2. The van der Waals surface area contributed by atoms with Crippen molar-refractivity contribution < 1.29 is 43.0 Å². The summed E-state index contributed by atoms with van der Waals surface area (Å²) in [4.78, 5) is 87.4. The average Bonchev–Trinajstić information content (AvgIpc) is 3.85. The number of guanidine groups is 1. The van der Waals surface area contributed by atoms with Crippen molar-refractivity contribution in [3.8, 4) is 0 Å². The number of ether oxygens (including phenoxy) is 3. The summed E-state index contributed by atoms with van der Waals surface area (Å²) in [5, 5.41) is 9.89. The van der Waals surface area contributed by atoms with E-state index in [1.54, 1.807) is 45.2 Å². The summed E-state index contributed by atoms with van der Waals surface area (Å²) in [5.74, 6) is -0.975. The fourth-order valence-electron chi connectivity index (χ4n) is 9.62. The predicted octanol–water partition coefficient (Wildman–Crippen LogP) is 7.43. The maximum absolute atomic E-state index is 14.5. The van der Waals surface area contributed by atoms with Crippen molar-refractivity contribution in [3.63, 3.8) is 0 Å². The number of benzene rings is 2. The van der Waals surface area contributed by atoms with Gasteiger partial charge in [0.05, 0.1) is 37.3 Å². The monoisotopic (exact) mass is 1020 g/mol. The second-order valence-corrected chi connectivity index (χ2v) is 20.2. The molecule has 8 atom stereocenters. The fourth-order valence-corrected chi connectivity index (χ4v) is 9.62. The zero-order chi connectivity index (χ0) is 54.2. The molecule has 1 aliphatic heterocycles. The standard InChI is InChI=1S/C56H90N8O9/c1-15-39(5)52(63(12)55(69)51(38(3)4)59-56(61(8)9)62(10)11)48(70-13)36-50(67)64-32-23-26-46(64)53(71-14)40(6)47(65)35-44(34-42-24-19-17-20-25-42)54(68)58-45-30-28-43(29-31-45)37-57-49(66)27-21-18-22-33-73-60-41(7)72-16-2/h17,19-20,24-25,28-31,38-40,44,46,48,51-53H,15-16,18,21-23,26-27,32-37H2,1-14H3,(H,57,66)(H,58,68)/b60-41-/t39-,40-,44+,46-,48+,51-,52-,53+/m0/s1. The van der Waals surface area contributed by atoms with E-state index < -0.39 is 36.1 Å². The molecule has 17 nitrogen and oxygen atoms in total. The van der Waals surface area contributed by atoms with Crippen LogP contribution >= 0.6 is 0 Å². The summed E-state index contributed by atoms with van der Waals surface area (Å²) < 4.78 is 17.5. The molecule has 17 heteroatoms. The number of oxime groups is 1. The Bertz CT molecular complexity index is 2050. The highest BCUT2D eigenvalue weighted by Gasteiger charge is 2.43. The van der Waals surface area contributed by atoms with Crippen LogP contribution in [0.5, 0.6) is 0 Å². The van der Waals surface area contributed by atoms with Crippen LogP contribution in [0.3, 0.4) is 0 Å². The molecule has 0 bridgehead atoms. The average molecular weight is 1020 g/mol. The largest absolute Gasteiger partial charge is 0.479 e. The van der Waals surface area contributed by atoms with Crippen LogP contribution in [-0.4, -0.2) is 160 Å². The second kappa shape index (κ2) is 31.9. The van der Waals surface area contributed by atoms with Crippen LogP contribution in [0.15, 0.2) is 64.7 Å². The number of nitrogens with one attached hydrogen (secondary N) is 2. The van der Waals surface area contributed by atoms with Crippen LogP contribution in [0.2, 0.25) is 0 Å². The van der Waals surface area contributed by atoms with Crippen molar-refractivity contribution in [2.45, 2.75) is 150 Å². The number of aliphatic imine (C=N–C) groups is 1. The lowest BCUT2D eigenvalue weighted by Crippen LogP contribution is -2.55. The quantitative estimate of drug-likeness (QED) is 0.0344. The van der Waals surface area contributed by atoms with Gasteiger partial charge in [0.15, 0.2) is 5.96 Å². The molecule has 1 aliphatic rings. The maximum Gasteiger partial charge on any atom is 0.247 e. The fraction of sp³-hybridized carbons (Fsp3) is 0.661. The van der Waals surface area contributed by atoms with E-state index in [0.717, 1.165) is 43.2 Å². The Morgan fingerprint density at radius 2 is 1.51 bits per heavy atom. The van der Waals surface area contributed by atoms with Gasteiger partial charge in [-0.25, -0.2) is 4.99 Å². The Labute approximate surface area is 437 Å². The summed E-state index contributed by atoms with van der Waals surface area (Å²) in [5.41, 5.74) is 2.39. The van der Waals surface area contributed by atoms with Crippen LogP contribution in [0.1, 0.15) is 117 Å². The van der Waals surface area contributed by atoms with Crippen molar-refractivity contribution in [2.24, 2.45) is 33.8 Å². The van der Waals surface area contributed by atoms with Gasteiger partial charge in [-0.3, -0.25) is 24.0 Å². The molecule has 0 aliphatic carbocycles. The lowest BCUT2D eigenvalue weighted by Gasteiger charge is -2.40. The lowest BCUT2D eigenvalue weighted by molar-refractivity contribution is -0.146. The van der Waals surface area contributed by atoms with E-state index in [0.29, 0.717) is 63.1 Å². The van der Waals surface area contributed by atoms with E-state index >= 15 is 0 Å². The van der Waals surface area contributed by atoms with Crippen LogP contribution in [-0.2, 0) is 56.0 Å². The number of unbranched alkanes of at least 4 members (excludes halogenated alkanes) is 2. The first-order chi connectivity index (χ1) is 34.8. The molecule has 0 spiro atoms. The molecule has 4 amide bonds. The predicted molar refractivity (Wildman–Crippen MR) is 289 cm³/mol. The normalized spacial score (nSPS) is 16.6. The first-order valence-corrected chi connectivity index (χ1v) is 26.3. The topological polar surface area (TPSA) is 184 Å². The number of Topliss-reactive ketones (excluding diaryl/α,β-unsaturated/α-hetero) is 1. The van der Waals surface area contributed by atoms with Gasteiger partial charge in [-0.15, -0.1) is 0 Å². The van der Waals surface area contributed by atoms with E-state index in [-0.39, 0.29) is 60.1 Å². The summed E-state index contributed by atoms with van der Waals surface area (Å²) in [6.07, 6.45) is 4.01.